The van der Waals surface area contributed by atoms with Crippen LogP contribution in [0, 0.1) is 46.3 Å². The maximum absolute atomic E-state index is 12.9. The van der Waals surface area contributed by atoms with Crippen molar-refractivity contribution < 1.29 is 23.7 Å². The molecule has 7 heteroatoms. The molecule has 0 bridgehead atoms. The number of hydrogen-bond donors (Lipinski definition) is 1. The van der Waals surface area contributed by atoms with Gasteiger partial charge in [0.25, 0.3) is 0 Å². The Morgan fingerprint density at radius 1 is 0.815 bits per heavy atom. The van der Waals surface area contributed by atoms with Crippen LogP contribution in [-0.4, -0.2) is 81.9 Å². The number of carbonyl (C=O) groups is 1. The Balaban J connectivity index is 0.906. The average molecular weight is 907 g/mol. The third-order valence-electron chi connectivity index (χ3n) is 17.6. The van der Waals surface area contributed by atoms with E-state index in [-0.39, 0.29) is 23.7 Å². The van der Waals surface area contributed by atoms with Gasteiger partial charge in [-0.05, 0) is 156 Å². The van der Waals surface area contributed by atoms with Crippen molar-refractivity contribution in [3.63, 3.8) is 0 Å². The van der Waals surface area contributed by atoms with Crippen molar-refractivity contribution in [1.82, 2.24) is 10.2 Å². The molecule has 374 valence electrons. The minimum Gasteiger partial charge on any atom is -0.446 e. The summed E-state index contributed by atoms with van der Waals surface area (Å²) in [5.41, 5.74) is 2.35. The molecule has 5 aliphatic rings. The molecule has 1 N–H and O–H groups in total. The second-order valence-electron chi connectivity index (χ2n) is 22.7. The summed E-state index contributed by atoms with van der Waals surface area (Å²) in [5, 5.41) is 2.97. The molecule has 5 rings (SSSR count). The molecule has 0 aromatic heterocycles. The third-order valence-corrected chi connectivity index (χ3v) is 17.6. The van der Waals surface area contributed by atoms with E-state index in [1.54, 1.807) is 5.57 Å². The quantitative estimate of drug-likeness (QED) is 0.0536. The highest BCUT2D eigenvalue weighted by molar-refractivity contribution is 5.67. The number of alkyl carbamates (subject to hydrolysis) is 1. The molecule has 1 heterocycles. The maximum atomic E-state index is 12.9. The second-order valence-corrected chi connectivity index (χ2v) is 22.7. The standard InChI is InChI=1S/C58H102N2O5/c1-8-9-10-11-12-13-14-15-16-17-18-19-20-21-22-23-39-63-45-51(44-60-38-25-28-48(60)5)64-42-41-62-40-37-59-56(61)65-50-33-35-57(6)49(43-50)29-30-52-54-32-31-53(47(4)27-24-26-46(2)3)58(54,7)36-34-55(52)57/h12-13,15-16,29,46-48,50-55H,8-11,14,17-28,30-45H2,1-7H3,(H,59,61)/t47-,48?,50+,51?,52+,53-,54+,55+,57+,58-/m1/s1. The van der Waals surface area contributed by atoms with Gasteiger partial charge in [-0.25, -0.2) is 4.79 Å². The number of nitrogens with zero attached hydrogens (tertiary/aromatic N) is 1. The smallest absolute Gasteiger partial charge is 0.407 e. The van der Waals surface area contributed by atoms with Crippen LogP contribution in [0.4, 0.5) is 4.79 Å². The van der Waals surface area contributed by atoms with Gasteiger partial charge in [-0.15, -0.1) is 0 Å². The summed E-state index contributed by atoms with van der Waals surface area (Å²) < 4.78 is 24.5. The number of hydrogen-bond acceptors (Lipinski definition) is 6. The Labute approximate surface area is 400 Å². The minimum absolute atomic E-state index is 0.0330. The molecule has 10 atom stereocenters. The Bertz CT molecular complexity index is 1410. The molecule has 1 saturated heterocycles. The number of fused-ring (bicyclic) bond motifs is 5. The predicted octanol–water partition coefficient (Wildman–Crippen LogP) is 14.8. The van der Waals surface area contributed by atoms with Crippen LogP contribution in [0.3, 0.4) is 0 Å². The molecule has 4 aliphatic carbocycles. The highest BCUT2D eigenvalue weighted by Gasteiger charge is 2.59. The van der Waals surface area contributed by atoms with Crippen LogP contribution >= 0.6 is 0 Å². The molecule has 3 saturated carbocycles. The van der Waals surface area contributed by atoms with E-state index in [0.717, 1.165) is 87.3 Å². The number of ether oxygens (including phenoxy) is 4. The van der Waals surface area contributed by atoms with Crippen LogP contribution < -0.4 is 5.32 Å². The van der Waals surface area contributed by atoms with Gasteiger partial charge in [0.15, 0.2) is 0 Å². The Morgan fingerprint density at radius 3 is 2.34 bits per heavy atom. The van der Waals surface area contributed by atoms with Gasteiger partial charge in [0.1, 0.15) is 6.10 Å². The summed E-state index contributed by atoms with van der Waals surface area (Å²) in [4.78, 5) is 15.5. The summed E-state index contributed by atoms with van der Waals surface area (Å²) in [6.07, 6.45) is 43.3. The van der Waals surface area contributed by atoms with Gasteiger partial charge in [0, 0.05) is 32.2 Å². The number of allylic oxidation sites excluding steroid dienone is 5. The van der Waals surface area contributed by atoms with E-state index in [0.29, 0.717) is 44.4 Å². The summed E-state index contributed by atoms with van der Waals surface area (Å²) in [5.74, 6) is 5.04. The molecular weight excluding hydrogens is 805 g/mol. The highest BCUT2D eigenvalue weighted by Crippen LogP contribution is 2.67. The first-order chi connectivity index (χ1) is 31.5. The monoisotopic (exact) mass is 907 g/mol. The fourth-order valence-corrected chi connectivity index (χ4v) is 13.6. The number of unbranched alkanes of at least 4 members (excludes halogenated alkanes) is 9. The van der Waals surface area contributed by atoms with E-state index in [1.165, 1.54) is 128 Å². The zero-order valence-corrected chi connectivity index (χ0v) is 43.4. The summed E-state index contributed by atoms with van der Waals surface area (Å²) in [6.45, 7) is 22.6. The van der Waals surface area contributed by atoms with Crippen molar-refractivity contribution >= 4 is 6.09 Å². The van der Waals surface area contributed by atoms with Gasteiger partial charge in [0.05, 0.1) is 32.5 Å². The molecule has 1 aliphatic heterocycles. The van der Waals surface area contributed by atoms with Crippen molar-refractivity contribution in [3.05, 3.63) is 36.0 Å². The van der Waals surface area contributed by atoms with Crippen LogP contribution in [-0.2, 0) is 18.9 Å². The van der Waals surface area contributed by atoms with Crippen LogP contribution in [0.2, 0.25) is 0 Å². The Kier molecular flexibility index (Phi) is 24.5. The van der Waals surface area contributed by atoms with Crippen molar-refractivity contribution in [2.24, 2.45) is 46.3 Å². The molecule has 0 radical (unpaired) electrons. The van der Waals surface area contributed by atoms with E-state index in [9.17, 15) is 4.79 Å². The molecular formula is C58H102N2O5. The topological polar surface area (TPSA) is 69.3 Å². The minimum atomic E-state index is -0.308. The summed E-state index contributed by atoms with van der Waals surface area (Å²) >= 11 is 0. The van der Waals surface area contributed by atoms with E-state index in [2.05, 4.69) is 89.1 Å². The SMILES string of the molecule is CCCCCC=CCC=CCCCCCCCCOCC(CN1CCCC1C)OCCOCCNC(=O)O[C@H]1CC[C@@]2(C)C(=CC[C@H]3[C@@H]4CC[C@H]([C@H](C)CCCC(C)C)[C@@]4(C)CC[C@@H]32)C1. The number of likely N-dealkylation sites (tertiary alicyclic amines) is 1. The normalized spacial score (nSPS) is 30.1. The average Bonchev–Trinajstić information content (AvgIpc) is 3.86. The zero-order valence-electron chi connectivity index (χ0n) is 43.4. The lowest BCUT2D eigenvalue weighted by atomic mass is 9.47. The fraction of sp³-hybridized carbons (Fsp3) is 0.879. The van der Waals surface area contributed by atoms with Crippen molar-refractivity contribution in [2.75, 3.05) is 52.7 Å². The highest BCUT2D eigenvalue weighted by atomic mass is 16.6. The number of amides is 1. The van der Waals surface area contributed by atoms with Crippen molar-refractivity contribution in [3.8, 4) is 0 Å². The number of carbonyl (C=O) groups excluding carboxylic acids is 1. The van der Waals surface area contributed by atoms with Gasteiger partial charge in [-0.1, -0.05) is 135 Å². The predicted molar refractivity (Wildman–Crippen MR) is 272 cm³/mol. The first-order valence-corrected chi connectivity index (χ1v) is 28.0. The van der Waals surface area contributed by atoms with Gasteiger partial charge < -0.3 is 24.3 Å². The van der Waals surface area contributed by atoms with Crippen LogP contribution in [0.15, 0.2) is 36.0 Å². The Morgan fingerprint density at radius 2 is 1.58 bits per heavy atom. The molecule has 65 heavy (non-hydrogen) atoms. The summed E-state index contributed by atoms with van der Waals surface area (Å²) in [6, 6.07) is 0.604. The van der Waals surface area contributed by atoms with Crippen molar-refractivity contribution in [2.45, 2.75) is 227 Å². The molecule has 0 spiro atoms. The first kappa shape index (κ1) is 54.3. The maximum Gasteiger partial charge on any atom is 0.407 e. The van der Waals surface area contributed by atoms with Gasteiger partial charge in [-0.3, -0.25) is 4.90 Å². The molecule has 7 nitrogen and oxygen atoms in total. The zero-order chi connectivity index (χ0) is 46.3. The lowest BCUT2D eigenvalue weighted by Gasteiger charge is -2.58. The number of rotatable bonds is 32. The van der Waals surface area contributed by atoms with E-state index in [4.69, 9.17) is 18.9 Å². The molecule has 1 amide bonds. The van der Waals surface area contributed by atoms with Crippen molar-refractivity contribution in [1.29, 1.82) is 0 Å². The van der Waals surface area contributed by atoms with E-state index >= 15 is 0 Å². The van der Waals surface area contributed by atoms with Crippen LogP contribution in [0.25, 0.3) is 0 Å². The van der Waals surface area contributed by atoms with Gasteiger partial charge in [0.2, 0.25) is 0 Å². The molecule has 0 aromatic rings. The third kappa shape index (κ3) is 17.4. The van der Waals surface area contributed by atoms with Crippen LogP contribution in [0.5, 0.6) is 0 Å². The molecule has 0 aromatic carbocycles. The first-order valence-electron chi connectivity index (χ1n) is 28.0. The molecule has 4 fully saturated rings. The fourth-order valence-electron chi connectivity index (χ4n) is 13.6. The van der Waals surface area contributed by atoms with Crippen LogP contribution in [0.1, 0.15) is 209 Å². The lowest BCUT2D eigenvalue weighted by molar-refractivity contribution is -0.0583. The van der Waals surface area contributed by atoms with Gasteiger partial charge >= 0.3 is 6.09 Å². The summed E-state index contributed by atoms with van der Waals surface area (Å²) in [7, 11) is 0. The molecule has 2 unspecified atom stereocenters. The lowest BCUT2D eigenvalue weighted by Crippen LogP contribution is -2.51. The Hall–Kier alpha value is -1.67. The van der Waals surface area contributed by atoms with Gasteiger partial charge in [-0.2, -0.15) is 0 Å². The number of nitrogens with one attached hydrogen (secondary N) is 1. The van der Waals surface area contributed by atoms with E-state index in [1.807, 2.05) is 0 Å². The van der Waals surface area contributed by atoms with E-state index < -0.39 is 0 Å². The second kappa shape index (κ2) is 29.4. The largest absolute Gasteiger partial charge is 0.446 e.